The average Bonchev–Trinajstić information content (AvgIpc) is 2.21. The molecular formula is C7H18O10S3Si. The third-order valence-electron chi connectivity index (χ3n) is 1.62. The number of hydrogen-bond donors (Lipinski definition) is 2. The monoisotopic (exact) mass is 386 g/mol. The fourth-order valence-corrected chi connectivity index (χ4v) is 4.66. The summed E-state index contributed by atoms with van der Waals surface area (Å²) in [6.07, 6.45) is -1.41. The Hall–Kier alpha value is -0.0931. The van der Waals surface area contributed by atoms with E-state index in [9.17, 15) is 25.3 Å². The highest BCUT2D eigenvalue weighted by Crippen LogP contribution is 2.11. The van der Waals surface area contributed by atoms with Crippen molar-refractivity contribution >= 4 is 40.7 Å². The van der Waals surface area contributed by atoms with Crippen molar-refractivity contribution in [2.24, 2.45) is 0 Å². The van der Waals surface area contributed by atoms with Gasteiger partial charge >= 0.3 is 10.4 Å². The van der Waals surface area contributed by atoms with E-state index in [0.717, 1.165) is 0 Å². The van der Waals surface area contributed by atoms with E-state index < -0.39 is 53.4 Å². The fourth-order valence-electron chi connectivity index (χ4n) is 1.04. The molecule has 0 fully saturated rings. The van der Waals surface area contributed by atoms with Crippen LogP contribution in [-0.4, -0.2) is 52.9 Å². The predicted octanol–water partition coefficient (Wildman–Crippen LogP) is -1.06. The van der Waals surface area contributed by atoms with Gasteiger partial charge < -0.3 is 0 Å². The van der Waals surface area contributed by atoms with Crippen LogP contribution in [-0.2, 0) is 48.8 Å². The Labute approximate surface area is 128 Å². The van der Waals surface area contributed by atoms with Gasteiger partial charge in [-0.25, -0.2) is 21.0 Å². The van der Waals surface area contributed by atoms with E-state index in [-0.39, 0.29) is 13.0 Å². The van der Waals surface area contributed by atoms with Crippen LogP contribution in [0.25, 0.3) is 0 Å². The molecule has 0 saturated carbocycles. The average molecular weight is 386 g/mol. The Morgan fingerprint density at radius 2 is 1.62 bits per heavy atom. The summed E-state index contributed by atoms with van der Waals surface area (Å²) < 4.78 is 82.2. The fraction of sp³-hybridized carbons (Fsp3) is 1.00. The molecule has 10 nitrogen and oxygen atoms in total. The quantitative estimate of drug-likeness (QED) is 0.334. The van der Waals surface area contributed by atoms with Crippen LogP contribution < -0.4 is 0 Å². The second-order valence-corrected chi connectivity index (χ2v) is 12.0. The van der Waals surface area contributed by atoms with Crippen molar-refractivity contribution in [1.82, 2.24) is 0 Å². The molecule has 0 amide bonds. The van der Waals surface area contributed by atoms with E-state index in [4.69, 9.17) is 3.87 Å². The Kier molecular flexibility index (Phi) is 9.10. The Bertz CT molecular complexity index is 542. The minimum Gasteiger partial charge on any atom is -0.294 e. The molecule has 21 heavy (non-hydrogen) atoms. The summed E-state index contributed by atoms with van der Waals surface area (Å²) in [5.74, 6) is 0. The van der Waals surface area contributed by atoms with Crippen molar-refractivity contribution < 1.29 is 41.7 Å². The third kappa shape index (κ3) is 13.3. The van der Waals surface area contributed by atoms with E-state index in [2.05, 4.69) is 12.5 Å². The smallest absolute Gasteiger partial charge is 0.294 e. The van der Waals surface area contributed by atoms with Crippen LogP contribution in [0.5, 0.6) is 0 Å². The molecule has 0 radical (unpaired) electrons. The second-order valence-electron chi connectivity index (χ2n) is 4.69. The minimum atomic E-state index is -4.29. The molecule has 0 aliphatic rings. The molecule has 0 heterocycles. The zero-order chi connectivity index (χ0) is 16.7. The highest BCUT2D eigenvalue weighted by Gasteiger charge is 2.26. The molecule has 0 aromatic carbocycles. The van der Waals surface area contributed by atoms with Gasteiger partial charge in [0.1, 0.15) is 6.10 Å². The summed E-state index contributed by atoms with van der Waals surface area (Å²) in [7, 11) is -13.0. The number of thiol groups is 2. The van der Waals surface area contributed by atoms with Crippen LogP contribution in [0.1, 0.15) is 6.42 Å². The highest BCUT2D eigenvalue weighted by atomic mass is 32.3. The molecule has 1 atom stereocenters. The molecule has 128 valence electrons. The van der Waals surface area contributed by atoms with Gasteiger partial charge in [0.25, 0.3) is 22.0 Å². The lowest BCUT2D eigenvalue weighted by Crippen LogP contribution is -2.32. The van der Waals surface area contributed by atoms with Gasteiger partial charge in [0.2, 0.25) is 8.32 Å². The first kappa shape index (κ1) is 20.9. The van der Waals surface area contributed by atoms with Crippen molar-refractivity contribution in [2.75, 3.05) is 13.2 Å². The number of rotatable bonds is 11. The molecular weight excluding hydrogens is 368 g/mol. The van der Waals surface area contributed by atoms with Gasteiger partial charge in [-0.1, -0.05) is 0 Å². The predicted molar refractivity (Wildman–Crippen MR) is 75.4 cm³/mol. The molecule has 0 bridgehead atoms. The first-order chi connectivity index (χ1) is 9.41. The summed E-state index contributed by atoms with van der Waals surface area (Å²) in [4.78, 5) is 0. The maximum absolute atomic E-state index is 11.5. The largest absolute Gasteiger partial charge is 0.390 e. The Balaban J connectivity index is 4.53. The van der Waals surface area contributed by atoms with Gasteiger partial charge in [0, 0.05) is 6.42 Å². The zero-order valence-corrected chi connectivity index (χ0v) is 15.2. The summed E-state index contributed by atoms with van der Waals surface area (Å²) >= 11 is 0. The first-order valence-corrected chi connectivity index (χ1v) is 12.5. The lowest BCUT2D eigenvalue weighted by molar-refractivity contribution is 0.113. The van der Waals surface area contributed by atoms with Crippen LogP contribution >= 0.6 is 0 Å². The molecule has 1 unspecified atom stereocenters. The highest BCUT2D eigenvalue weighted by molar-refractivity contribution is 7.83. The van der Waals surface area contributed by atoms with Crippen molar-refractivity contribution in [3.8, 4) is 0 Å². The van der Waals surface area contributed by atoms with Crippen LogP contribution in [0.15, 0.2) is 0 Å². The molecule has 0 saturated heterocycles. The number of hydrogen-bond acceptors (Lipinski definition) is 10. The van der Waals surface area contributed by atoms with Gasteiger partial charge in [-0.05, 0) is 19.6 Å². The van der Waals surface area contributed by atoms with Crippen LogP contribution in [0.4, 0.5) is 0 Å². The summed E-state index contributed by atoms with van der Waals surface area (Å²) in [6, 6.07) is 0. The third-order valence-corrected chi connectivity index (χ3v) is 5.73. The molecule has 14 heteroatoms. The first-order valence-electron chi connectivity index (χ1n) is 5.60. The maximum Gasteiger partial charge on any atom is 0.390 e. The van der Waals surface area contributed by atoms with Gasteiger partial charge in [-0.15, -0.1) is 0 Å². The van der Waals surface area contributed by atoms with Crippen LogP contribution in [0, 0.1) is 0 Å². The normalized spacial score (nSPS) is 14.7. The van der Waals surface area contributed by atoms with Crippen molar-refractivity contribution in [3.63, 3.8) is 0 Å². The van der Waals surface area contributed by atoms with Gasteiger partial charge in [-0.3, -0.25) is 12.2 Å². The van der Waals surface area contributed by atoms with Gasteiger partial charge in [0.15, 0.2) is 0 Å². The van der Waals surface area contributed by atoms with E-state index >= 15 is 0 Å². The lowest BCUT2D eigenvalue weighted by atomic mass is 10.3. The Morgan fingerprint density at radius 1 is 1.05 bits per heavy atom. The molecule has 0 rings (SSSR count). The maximum atomic E-state index is 11.5. The van der Waals surface area contributed by atoms with E-state index in [1.165, 1.54) is 0 Å². The van der Waals surface area contributed by atoms with E-state index in [0.29, 0.717) is 0 Å². The van der Waals surface area contributed by atoms with Crippen molar-refractivity contribution in [3.05, 3.63) is 0 Å². The summed E-state index contributed by atoms with van der Waals surface area (Å²) in [5.41, 5.74) is 0. The SMILES string of the molecule is C[Si](C)(C)OS(=O)(=O)OCC(CCO[SH](=O)=O)O[SH](=O)=O. The lowest BCUT2D eigenvalue weighted by Gasteiger charge is -2.18. The zero-order valence-electron chi connectivity index (χ0n) is 11.6. The molecule has 0 aliphatic heterocycles. The summed E-state index contributed by atoms with van der Waals surface area (Å²) in [5, 5.41) is 0. The van der Waals surface area contributed by atoms with Gasteiger partial charge in [-0.2, -0.15) is 8.42 Å². The summed E-state index contributed by atoms with van der Waals surface area (Å²) in [6.45, 7) is 3.85. The van der Waals surface area contributed by atoms with E-state index in [1.54, 1.807) is 19.6 Å². The Morgan fingerprint density at radius 3 is 2.05 bits per heavy atom. The van der Waals surface area contributed by atoms with Crippen molar-refractivity contribution in [1.29, 1.82) is 0 Å². The van der Waals surface area contributed by atoms with E-state index in [1.807, 2.05) is 0 Å². The van der Waals surface area contributed by atoms with Crippen LogP contribution in [0.3, 0.4) is 0 Å². The molecule has 0 aromatic rings. The minimum absolute atomic E-state index is 0.199. The molecule has 0 aromatic heterocycles. The van der Waals surface area contributed by atoms with Crippen molar-refractivity contribution in [2.45, 2.75) is 32.2 Å². The molecule has 0 N–H and O–H groups in total. The second kappa shape index (κ2) is 9.14. The molecule has 0 aliphatic carbocycles. The van der Waals surface area contributed by atoms with Crippen LogP contribution in [0.2, 0.25) is 19.6 Å². The molecule has 0 spiro atoms. The van der Waals surface area contributed by atoms with Gasteiger partial charge in [0.05, 0.1) is 13.2 Å². The topological polar surface area (TPSA) is 139 Å². The standard InChI is InChI=1S/C7H18O10S3Si/c1-21(2,3)17-20(12,13)15-6-7(16-19(10)11)4-5-14-18(8)9/h7,18-19H,4-6H2,1-3H3.